The summed E-state index contributed by atoms with van der Waals surface area (Å²) in [6.07, 6.45) is 5.34. The Morgan fingerprint density at radius 1 is 1.39 bits per heavy atom. The van der Waals surface area contributed by atoms with E-state index in [9.17, 15) is 0 Å². The molecule has 5 heteroatoms. The quantitative estimate of drug-likeness (QED) is 0.919. The van der Waals surface area contributed by atoms with E-state index in [4.69, 9.17) is 11.6 Å². The molecule has 1 aromatic heterocycles. The van der Waals surface area contributed by atoms with Crippen molar-refractivity contribution in [1.82, 2.24) is 10.2 Å². The summed E-state index contributed by atoms with van der Waals surface area (Å²) in [5.74, 6) is 0. The molecule has 1 aromatic rings. The zero-order valence-electron chi connectivity index (χ0n) is 10.6. The first kappa shape index (κ1) is 14.6. The standard InChI is InChI=1S/C13H19ClN2S.ClH/c1-16(8-9-4-5-17-13(9)14)12-6-10-2-3-11(7-12)15-10;/h4-5,10-12,15H,2-3,6-8H2,1H3;1H. The monoisotopic (exact) mass is 306 g/mol. The van der Waals surface area contributed by atoms with Crippen LogP contribution >= 0.6 is 35.3 Å². The van der Waals surface area contributed by atoms with Gasteiger partial charge >= 0.3 is 0 Å². The van der Waals surface area contributed by atoms with Gasteiger partial charge in [-0.05, 0) is 49.7 Å². The summed E-state index contributed by atoms with van der Waals surface area (Å²) >= 11 is 7.80. The number of hydrogen-bond acceptors (Lipinski definition) is 3. The van der Waals surface area contributed by atoms with Crippen molar-refractivity contribution in [2.45, 2.75) is 50.4 Å². The third-order valence-corrected chi connectivity index (χ3v) is 5.44. The second kappa shape index (κ2) is 6.10. The van der Waals surface area contributed by atoms with Gasteiger partial charge < -0.3 is 5.32 Å². The third-order valence-electron chi connectivity index (χ3n) is 4.18. The van der Waals surface area contributed by atoms with Gasteiger partial charge in [0.1, 0.15) is 0 Å². The Bertz CT molecular complexity index is 384. The van der Waals surface area contributed by atoms with Crippen LogP contribution in [-0.2, 0) is 6.54 Å². The first-order valence-corrected chi connectivity index (χ1v) is 7.66. The number of thiophene rings is 1. The van der Waals surface area contributed by atoms with E-state index in [2.05, 4.69) is 28.7 Å². The highest BCUT2D eigenvalue weighted by atomic mass is 35.5. The summed E-state index contributed by atoms with van der Waals surface area (Å²) in [6.45, 7) is 0.992. The number of fused-ring (bicyclic) bond motifs is 2. The zero-order valence-corrected chi connectivity index (χ0v) is 13.0. The highest BCUT2D eigenvalue weighted by molar-refractivity contribution is 7.14. The van der Waals surface area contributed by atoms with Crippen LogP contribution in [-0.4, -0.2) is 30.1 Å². The van der Waals surface area contributed by atoms with Crippen LogP contribution in [0.2, 0.25) is 4.34 Å². The molecule has 3 rings (SSSR count). The molecule has 2 unspecified atom stereocenters. The molecule has 2 aliphatic rings. The van der Waals surface area contributed by atoms with E-state index in [1.807, 2.05) is 0 Å². The zero-order chi connectivity index (χ0) is 11.8. The largest absolute Gasteiger partial charge is 0.311 e. The van der Waals surface area contributed by atoms with Crippen LogP contribution in [0, 0.1) is 0 Å². The van der Waals surface area contributed by atoms with Gasteiger partial charge in [0.15, 0.2) is 0 Å². The molecule has 102 valence electrons. The Balaban J connectivity index is 0.00000120. The van der Waals surface area contributed by atoms with E-state index >= 15 is 0 Å². The number of piperidine rings is 1. The summed E-state index contributed by atoms with van der Waals surface area (Å²) in [5.41, 5.74) is 1.28. The van der Waals surface area contributed by atoms with E-state index in [0.717, 1.165) is 29.0 Å². The van der Waals surface area contributed by atoms with Gasteiger partial charge in [-0.3, -0.25) is 4.90 Å². The lowest BCUT2D eigenvalue weighted by atomic mass is 9.98. The molecule has 1 N–H and O–H groups in total. The summed E-state index contributed by atoms with van der Waals surface area (Å²) in [5, 5.41) is 5.78. The normalized spacial score (nSPS) is 30.5. The second-order valence-corrected chi connectivity index (χ2v) is 6.92. The second-order valence-electron chi connectivity index (χ2n) is 5.40. The van der Waals surface area contributed by atoms with E-state index in [1.54, 1.807) is 11.3 Å². The molecule has 18 heavy (non-hydrogen) atoms. The molecule has 2 aliphatic heterocycles. The summed E-state index contributed by atoms with van der Waals surface area (Å²) in [6, 6.07) is 4.40. The molecule has 0 aromatic carbocycles. The number of rotatable bonds is 3. The molecule has 3 heterocycles. The van der Waals surface area contributed by atoms with E-state index < -0.39 is 0 Å². The lowest BCUT2D eigenvalue weighted by Crippen LogP contribution is -2.46. The van der Waals surface area contributed by atoms with Crippen LogP contribution in [0.4, 0.5) is 0 Å². The lowest BCUT2D eigenvalue weighted by molar-refractivity contribution is 0.166. The van der Waals surface area contributed by atoms with Crippen LogP contribution in [0.15, 0.2) is 11.4 Å². The number of nitrogens with one attached hydrogen (secondary N) is 1. The van der Waals surface area contributed by atoms with Gasteiger partial charge in [-0.1, -0.05) is 11.6 Å². The van der Waals surface area contributed by atoms with Crippen molar-refractivity contribution in [3.05, 3.63) is 21.3 Å². The minimum Gasteiger partial charge on any atom is -0.311 e. The number of nitrogens with zero attached hydrogens (tertiary/aromatic N) is 1. The Morgan fingerprint density at radius 3 is 2.61 bits per heavy atom. The summed E-state index contributed by atoms with van der Waals surface area (Å²) < 4.78 is 0.953. The van der Waals surface area contributed by atoms with Crippen LogP contribution in [0.25, 0.3) is 0 Å². The van der Waals surface area contributed by atoms with Crippen molar-refractivity contribution in [2.75, 3.05) is 7.05 Å². The van der Waals surface area contributed by atoms with Crippen molar-refractivity contribution in [1.29, 1.82) is 0 Å². The number of hydrogen-bond donors (Lipinski definition) is 1. The van der Waals surface area contributed by atoms with Crippen LogP contribution in [0.1, 0.15) is 31.2 Å². The molecule has 2 bridgehead atoms. The Kier molecular flexibility index (Phi) is 4.95. The minimum absolute atomic E-state index is 0. The van der Waals surface area contributed by atoms with Crippen molar-refractivity contribution in [3.63, 3.8) is 0 Å². The third kappa shape index (κ3) is 3.02. The molecule has 0 radical (unpaired) electrons. The molecule has 0 spiro atoms. The molecule has 2 nitrogen and oxygen atoms in total. The summed E-state index contributed by atoms with van der Waals surface area (Å²) in [4.78, 5) is 2.49. The van der Waals surface area contributed by atoms with Gasteiger partial charge in [-0.2, -0.15) is 0 Å². The van der Waals surface area contributed by atoms with E-state index in [0.29, 0.717) is 0 Å². The van der Waals surface area contributed by atoms with E-state index in [1.165, 1.54) is 31.2 Å². The molecular weight excluding hydrogens is 287 g/mol. The maximum atomic E-state index is 6.17. The van der Waals surface area contributed by atoms with Gasteiger partial charge in [0.2, 0.25) is 0 Å². The summed E-state index contributed by atoms with van der Waals surface area (Å²) in [7, 11) is 2.24. The molecule has 2 atom stereocenters. The molecule has 2 saturated heterocycles. The highest BCUT2D eigenvalue weighted by Crippen LogP contribution is 2.31. The van der Waals surface area contributed by atoms with Gasteiger partial charge in [0.25, 0.3) is 0 Å². The maximum absolute atomic E-state index is 6.17. The highest BCUT2D eigenvalue weighted by Gasteiger charge is 2.35. The molecule has 0 amide bonds. The fourth-order valence-electron chi connectivity index (χ4n) is 3.22. The average Bonchev–Trinajstić information content (AvgIpc) is 2.86. The van der Waals surface area contributed by atoms with Gasteiger partial charge in [-0.15, -0.1) is 23.7 Å². The Hall–Kier alpha value is 0.200. The van der Waals surface area contributed by atoms with Crippen LogP contribution < -0.4 is 5.32 Å². The SMILES string of the molecule is CN(Cc1ccsc1Cl)C1CC2CCC(C1)N2.Cl. The molecule has 0 aliphatic carbocycles. The first-order chi connectivity index (χ1) is 8.22. The van der Waals surface area contributed by atoms with Crippen LogP contribution in [0.5, 0.6) is 0 Å². The van der Waals surface area contributed by atoms with Crippen LogP contribution in [0.3, 0.4) is 0 Å². The smallest absolute Gasteiger partial charge is 0.0973 e. The van der Waals surface area contributed by atoms with Crippen molar-refractivity contribution < 1.29 is 0 Å². The molecule has 0 saturated carbocycles. The van der Waals surface area contributed by atoms with E-state index in [-0.39, 0.29) is 12.4 Å². The molecular formula is C13H20Cl2N2S. The van der Waals surface area contributed by atoms with Crippen molar-refractivity contribution >= 4 is 35.3 Å². The predicted octanol–water partition coefficient (Wildman–Crippen LogP) is 3.54. The lowest BCUT2D eigenvalue weighted by Gasteiger charge is -2.35. The fraction of sp³-hybridized carbons (Fsp3) is 0.692. The maximum Gasteiger partial charge on any atom is 0.0973 e. The molecule has 2 fully saturated rings. The van der Waals surface area contributed by atoms with Gasteiger partial charge in [-0.25, -0.2) is 0 Å². The van der Waals surface area contributed by atoms with Gasteiger partial charge in [0, 0.05) is 24.7 Å². The van der Waals surface area contributed by atoms with Crippen molar-refractivity contribution in [3.8, 4) is 0 Å². The first-order valence-electron chi connectivity index (χ1n) is 6.40. The topological polar surface area (TPSA) is 15.3 Å². The fourth-order valence-corrected chi connectivity index (χ4v) is 4.13. The van der Waals surface area contributed by atoms with Crippen molar-refractivity contribution in [2.24, 2.45) is 0 Å². The van der Waals surface area contributed by atoms with Gasteiger partial charge in [0.05, 0.1) is 4.34 Å². The Labute approximate surface area is 124 Å². The predicted molar refractivity (Wildman–Crippen MR) is 81.0 cm³/mol. The average molecular weight is 307 g/mol. The number of halogens is 2. The Morgan fingerprint density at radius 2 is 2.06 bits per heavy atom. The minimum atomic E-state index is 0.